The van der Waals surface area contributed by atoms with Crippen molar-refractivity contribution in [2.24, 2.45) is 5.92 Å². The first-order valence-corrected chi connectivity index (χ1v) is 13.9. The van der Waals surface area contributed by atoms with Crippen molar-refractivity contribution in [2.45, 2.75) is 45.7 Å². The summed E-state index contributed by atoms with van der Waals surface area (Å²) in [4.78, 5) is 19.2. The van der Waals surface area contributed by atoms with Crippen molar-refractivity contribution >= 4 is 10.9 Å². The quantitative estimate of drug-likeness (QED) is 0.303. The normalized spacial score (nSPS) is 15.5. The van der Waals surface area contributed by atoms with E-state index in [1.54, 1.807) is 16.8 Å². The maximum atomic E-state index is 13.7. The summed E-state index contributed by atoms with van der Waals surface area (Å²) in [5.41, 5.74) is 5.74. The summed E-state index contributed by atoms with van der Waals surface area (Å²) >= 11 is 0. The first-order chi connectivity index (χ1) is 19.5. The molecule has 0 unspecified atom stereocenters. The molecule has 1 atom stereocenters. The topological polar surface area (TPSA) is 79.7 Å². The minimum absolute atomic E-state index is 0.131. The van der Waals surface area contributed by atoms with Crippen LogP contribution in [0.2, 0.25) is 0 Å². The van der Waals surface area contributed by atoms with Gasteiger partial charge in [0.25, 0.3) is 5.56 Å². The number of piperidine rings is 1. The molecule has 0 amide bonds. The van der Waals surface area contributed by atoms with Crippen LogP contribution in [-0.4, -0.2) is 43.2 Å². The lowest BCUT2D eigenvalue weighted by Crippen LogP contribution is -2.41. The zero-order chi connectivity index (χ0) is 27.6. The van der Waals surface area contributed by atoms with Crippen molar-refractivity contribution in [1.82, 2.24) is 30.1 Å². The van der Waals surface area contributed by atoms with E-state index in [4.69, 9.17) is 0 Å². The molecule has 1 N–H and O–H groups in total. The van der Waals surface area contributed by atoms with Crippen molar-refractivity contribution in [3.8, 4) is 0 Å². The molecule has 1 fully saturated rings. The predicted octanol–water partition coefficient (Wildman–Crippen LogP) is 5.36. The van der Waals surface area contributed by atoms with Gasteiger partial charge in [-0.15, -0.1) is 5.10 Å². The molecule has 2 aromatic heterocycles. The Balaban J connectivity index is 1.37. The second-order valence-electron chi connectivity index (χ2n) is 10.9. The highest BCUT2D eigenvalue weighted by Gasteiger charge is 2.33. The fourth-order valence-electron chi connectivity index (χ4n) is 5.94. The van der Waals surface area contributed by atoms with E-state index < -0.39 is 6.04 Å². The van der Waals surface area contributed by atoms with Crippen LogP contribution < -0.4 is 5.56 Å². The number of halogens is 1. The van der Waals surface area contributed by atoms with E-state index in [0.717, 1.165) is 59.9 Å². The molecule has 40 heavy (non-hydrogen) atoms. The lowest BCUT2D eigenvalue weighted by molar-refractivity contribution is 0.143. The van der Waals surface area contributed by atoms with Crippen molar-refractivity contribution < 1.29 is 4.39 Å². The van der Waals surface area contributed by atoms with E-state index in [1.807, 2.05) is 19.1 Å². The lowest BCUT2D eigenvalue weighted by Gasteiger charge is -2.37. The van der Waals surface area contributed by atoms with Gasteiger partial charge in [-0.1, -0.05) is 54.6 Å². The van der Waals surface area contributed by atoms with Gasteiger partial charge in [0.05, 0.1) is 12.1 Å². The number of benzene rings is 3. The number of aryl methyl sites for hydroxylation is 2. The molecule has 1 aliphatic rings. The van der Waals surface area contributed by atoms with Crippen LogP contribution in [0.4, 0.5) is 4.39 Å². The monoisotopic (exact) mass is 536 g/mol. The van der Waals surface area contributed by atoms with Crippen LogP contribution in [-0.2, 0) is 13.0 Å². The van der Waals surface area contributed by atoms with Crippen molar-refractivity contribution in [3.05, 3.63) is 123 Å². The molecule has 6 rings (SSSR count). The standard InChI is InChI=1S/C32H33FN6O/c1-21-8-9-22(2)29-27(21)19-28(32(40)34-29)30(31-35-36-37-39(31)20-25-10-12-26(33)13-11-25)38-16-14-24(15-17-38)18-23-6-4-3-5-7-23/h3-13,19,24,30H,14-18,20H2,1-2H3,(H,34,40)/t30-/m0/s1. The SMILES string of the molecule is Cc1ccc(C)c2[nH]c(=O)c([C@@H](c3nnnn3Cc3ccc(F)cc3)N3CCC(Cc4ccccc4)CC3)cc12. The number of tetrazole rings is 1. The molecule has 3 aromatic carbocycles. The number of likely N-dealkylation sites (tertiary alicyclic amines) is 1. The molecular formula is C32H33FN6O. The van der Waals surface area contributed by atoms with Crippen LogP contribution in [0.1, 0.15) is 52.5 Å². The van der Waals surface area contributed by atoms with Gasteiger partial charge >= 0.3 is 0 Å². The van der Waals surface area contributed by atoms with Crippen LogP contribution in [0.5, 0.6) is 0 Å². The second kappa shape index (κ2) is 11.1. The number of fused-ring (bicyclic) bond motifs is 1. The van der Waals surface area contributed by atoms with Crippen molar-refractivity contribution in [2.75, 3.05) is 13.1 Å². The number of pyridine rings is 1. The van der Waals surface area contributed by atoms with Gasteiger partial charge in [-0.3, -0.25) is 9.69 Å². The van der Waals surface area contributed by atoms with E-state index in [-0.39, 0.29) is 11.4 Å². The van der Waals surface area contributed by atoms with E-state index >= 15 is 0 Å². The highest BCUT2D eigenvalue weighted by atomic mass is 19.1. The first-order valence-electron chi connectivity index (χ1n) is 13.9. The van der Waals surface area contributed by atoms with E-state index in [0.29, 0.717) is 23.9 Å². The maximum Gasteiger partial charge on any atom is 0.253 e. The van der Waals surface area contributed by atoms with Gasteiger partial charge in [0.1, 0.15) is 11.9 Å². The van der Waals surface area contributed by atoms with Crippen LogP contribution >= 0.6 is 0 Å². The van der Waals surface area contributed by atoms with E-state index in [2.05, 4.69) is 68.7 Å². The van der Waals surface area contributed by atoms with E-state index in [1.165, 1.54) is 17.7 Å². The average molecular weight is 537 g/mol. The summed E-state index contributed by atoms with van der Waals surface area (Å²) < 4.78 is 15.3. The minimum atomic E-state index is -0.416. The van der Waals surface area contributed by atoms with Crippen molar-refractivity contribution in [1.29, 1.82) is 0 Å². The molecular weight excluding hydrogens is 503 g/mol. The van der Waals surface area contributed by atoms with Crippen LogP contribution in [0.15, 0.2) is 77.6 Å². The Bertz CT molecular complexity index is 1670. The van der Waals surface area contributed by atoms with Gasteiger partial charge in [0.2, 0.25) is 0 Å². The average Bonchev–Trinajstić information content (AvgIpc) is 3.42. The molecule has 8 heteroatoms. The molecule has 3 heterocycles. The van der Waals surface area contributed by atoms with Gasteiger partial charge in [-0.2, -0.15) is 0 Å². The summed E-state index contributed by atoms with van der Waals surface area (Å²) in [6, 6.07) is 22.7. The Morgan fingerprint density at radius 2 is 1.68 bits per heavy atom. The number of nitrogens with one attached hydrogen (secondary N) is 1. The Labute approximate surface area is 232 Å². The lowest BCUT2D eigenvalue weighted by atomic mass is 9.88. The Kier molecular flexibility index (Phi) is 7.26. The number of aromatic nitrogens is 5. The molecule has 0 aliphatic carbocycles. The molecule has 204 valence electrons. The second-order valence-corrected chi connectivity index (χ2v) is 10.9. The first kappa shape index (κ1) is 26.1. The molecule has 0 saturated carbocycles. The Morgan fingerprint density at radius 3 is 2.42 bits per heavy atom. The molecule has 0 bridgehead atoms. The number of aromatic amines is 1. The van der Waals surface area contributed by atoms with E-state index in [9.17, 15) is 9.18 Å². The minimum Gasteiger partial charge on any atom is -0.321 e. The largest absolute Gasteiger partial charge is 0.321 e. The van der Waals surface area contributed by atoms with Gasteiger partial charge < -0.3 is 4.98 Å². The summed E-state index contributed by atoms with van der Waals surface area (Å²) in [6.07, 6.45) is 3.10. The summed E-state index contributed by atoms with van der Waals surface area (Å²) in [5, 5.41) is 13.8. The third-order valence-corrected chi connectivity index (χ3v) is 8.20. The number of H-pyrrole nitrogens is 1. The van der Waals surface area contributed by atoms with Gasteiger partial charge in [-0.25, -0.2) is 9.07 Å². The molecule has 1 saturated heterocycles. The zero-order valence-electron chi connectivity index (χ0n) is 22.8. The highest BCUT2D eigenvalue weighted by molar-refractivity contribution is 5.85. The van der Waals surface area contributed by atoms with Gasteiger partial charge in [0.15, 0.2) is 5.82 Å². The Morgan fingerprint density at radius 1 is 0.950 bits per heavy atom. The number of hydrogen-bond acceptors (Lipinski definition) is 5. The fourth-order valence-corrected chi connectivity index (χ4v) is 5.94. The van der Waals surface area contributed by atoms with Crippen molar-refractivity contribution in [3.63, 3.8) is 0 Å². The van der Waals surface area contributed by atoms with Crippen LogP contribution in [0.25, 0.3) is 10.9 Å². The molecule has 1 aliphatic heterocycles. The number of nitrogens with zero attached hydrogens (tertiary/aromatic N) is 5. The van der Waals surface area contributed by atoms with Crippen LogP contribution in [0.3, 0.4) is 0 Å². The number of hydrogen-bond donors (Lipinski definition) is 1. The third-order valence-electron chi connectivity index (χ3n) is 8.20. The summed E-state index contributed by atoms with van der Waals surface area (Å²) in [7, 11) is 0. The fraction of sp³-hybridized carbons (Fsp3) is 0.312. The Hall–Kier alpha value is -4.17. The summed E-state index contributed by atoms with van der Waals surface area (Å²) in [5.74, 6) is 0.903. The van der Waals surface area contributed by atoms with Gasteiger partial charge in [-0.05, 0) is 103 Å². The smallest absolute Gasteiger partial charge is 0.253 e. The highest BCUT2D eigenvalue weighted by Crippen LogP contribution is 2.33. The molecule has 7 nitrogen and oxygen atoms in total. The predicted molar refractivity (Wildman–Crippen MR) is 154 cm³/mol. The third kappa shape index (κ3) is 5.31. The van der Waals surface area contributed by atoms with Gasteiger partial charge in [0, 0.05) is 10.9 Å². The maximum absolute atomic E-state index is 13.7. The number of rotatable bonds is 7. The molecule has 0 spiro atoms. The molecule has 5 aromatic rings. The summed E-state index contributed by atoms with van der Waals surface area (Å²) in [6.45, 7) is 6.11. The molecule has 0 radical (unpaired) electrons. The zero-order valence-corrected chi connectivity index (χ0v) is 22.8. The van der Waals surface area contributed by atoms with Crippen LogP contribution in [0, 0.1) is 25.6 Å².